The summed E-state index contributed by atoms with van der Waals surface area (Å²) in [5, 5.41) is 3.73. The van der Waals surface area contributed by atoms with Crippen LogP contribution in [0.25, 0.3) is 27.5 Å². The summed E-state index contributed by atoms with van der Waals surface area (Å²) in [7, 11) is 0. The minimum absolute atomic E-state index is 0.120. The van der Waals surface area contributed by atoms with Gasteiger partial charge in [-0.3, -0.25) is 14.2 Å². The summed E-state index contributed by atoms with van der Waals surface area (Å²) >= 11 is 1.30. The zero-order chi connectivity index (χ0) is 32.5. The first-order valence-corrected chi connectivity index (χ1v) is 16.3. The average Bonchev–Trinajstić information content (AvgIpc) is 3.41. The molecule has 6 nitrogen and oxygen atoms in total. The van der Waals surface area contributed by atoms with Crippen molar-refractivity contribution in [2.45, 2.75) is 60.1 Å². The Bertz CT molecular complexity index is 1730. The second kappa shape index (κ2) is 13.3. The van der Waals surface area contributed by atoms with Gasteiger partial charge in [-0.15, -0.1) is 11.3 Å². The molecule has 0 aliphatic carbocycles. The van der Waals surface area contributed by atoms with Crippen molar-refractivity contribution in [3.05, 3.63) is 91.7 Å². The van der Waals surface area contributed by atoms with E-state index in [0.29, 0.717) is 78.5 Å². The molecule has 5 rings (SSSR count). The molecule has 2 aromatic heterocycles. The highest BCUT2D eigenvalue weighted by Gasteiger charge is 2.31. The molecule has 0 spiro atoms. The van der Waals surface area contributed by atoms with Crippen molar-refractivity contribution in [1.82, 2.24) is 19.8 Å². The SMILES string of the molecule is CCc1cccc(CC)c1-n1c(CC(C)C)c(C(=O)N2CCNCC2)cc(-c2nc(-c3ccc(C(F)(F)F)cc3)c(C)s2)c1=O. The van der Waals surface area contributed by atoms with Crippen molar-refractivity contribution in [2.75, 3.05) is 26.2 Å². The zero-order valence-electron chi connectivity index (χ0n) is 26.3. The summed E-state index contributed by atoms with van der Waals surface area (Å²) in [4.78, 5) is 36.4. The maximum Gasteiger partial charge on any atom is 0.416 e. The lowest BCUT2D eigenvalue weighted by atomic mass is 9.97. The summed E-state index contributed by atoms with van der Waals surface area (Å²) in [5.74, 6) is 0.0498. The van der Waals surface area contributed by atoms with Gasteiger partial charge in [0.1, 0.15) is 5.01 Å². The first-order chi connectivity index (χ1) is 21.4. The second-order valence-corrected chi connectivity index (χ2v) is 13.0. The number of amides is 1. The molecule has 1 amide bonds. The summed E-state index contributed by atoms with van der Waals surface area (Å²) in [6.07, 6.45) is -2.51. The van der Waals surface area contributed by atoms with E-state index in [9.17, 15) is 22.8 Å². The van der Waals surface area contributed by atoms with Gasteiger partial charge in [0.2, 0.25) is 0 Å². The molecule has 1 aliphatic heterocycles. The molecule has 238 valence electrons. The van der Waals surface area contributed by atoms with Gasteiger partial charge in [-0.1, -0.05) is 58.0 Å². The molecule has 0 saturated carbocycles. The first-order valence-electron chi connectivity index (χ1n) is 15.5. The third kappa shape index (κ3) is 6.63. The largest absolute Gasteiger partial charge is 0.416 e. The van der Waals surface area contributed by atoms with Crippen molar-refractivity contribution in [2.24, 2.45) is 5.92 Å². The normalized spacial score (nSPS) is 13.9. The molecular formula is C35H39F3N4O2S. The van der Waals surface area contributed by atoms with Crippen LogP contribution >= 0.6 is 11.3 Å². The number of alkyl halides is 3. The highest BCUT2D eigenvalue weighted by molar-refractivity contribution is 7.15. The molecule has 10 heteroatoms. The Kier molecular flexibility index (Phi) is 9.65. The topological polar surface area (TPSA) is 67.2 Å². The van der Waals surface area contributed by atoms with E-state index >= 15 is 0 Å². The van der Waals surface area contributed by atoms with E-state index in [1.807, 2.05) is 30.0 Å². The van der Waals surface area contributed by atoms with Crippen molar-refractivity contribution in [3.63, 3.8) is 0 Å². The molecule has 0 unspecified atom stereocenters. The Morgan fingerprint density at radius 1 is 1.02 bits per heavy atom. The summed E-state index contributed by atoms with van der Waals surface area (Å²) in [6, 6.07) is 12.7. The highest BCUT2D eigenvalue weighted by atomic mass is 32.1. The minimum atomic E-state index is -4.44. The van der Waals surface area contributed by atoms with Crippen LogP contribution in [0.3, 0.4) is 0 Å². The van der Waals surface area contributed by atoms with E-state index in [2.05, 4.69) is 33.0 Å². The number of hydrogen-bond acceptors (Lipinski definition) is 5. The Labute approximate surface area is 265 Å². The Hall–Kier alpha value is -3.76. The standard InChI is InChI=1S/C35H39F3N4O2S/c1-6-23-9-8-10-24(7-2)31(23)42-29(19-21(3)4)27(33(43)41-17-15-39-16-18-41)20-28(34(42)44)32-40-30(22(5)45-32)25-11-13-26(14-12-25)35(36,37)38/h8-14,20-21,39H,6-7,15-19H2,1-5H3. The quantitative estimate of drug-likeness (QED) is 0.220. The number of aromatic nitrogens is 2. The van der Waals surface area contributed by atoms with Crippen LogP contribution in [0.4, 0.5) is 13.2 Å². The molecule has 0 atom stereocenters. The lowest BCUT2D eigenvalue weighted by Crippen LogP contribution is -2.47. The fraction of sp³-hybridized carbons (Fsp3) is 0.400. The number of nitrogens with one attached hydrogen (secondary N) is 1. The van der Waals surface area contributed by atoms with E-state index in [1.54, 1.807) is 10.6 Å². The molecule has 4 aromatic rings. The fourth-order valence-electron chi connectivity index (χ4n) is 5.95. The van der Waals surface area contributed by atoms with Crippen molar-refractivity contribution in [3.8, 4) is 27.5 Å². The van der Waals surface area contributed by atoms with Crippen molar-refractivity contribution in [1.29, 1.82) is 0 Å². The second-order valence-electron chi connectivity index (χ2n) is 11.8. The molecule has 0 bridgehead atoms. The van der Waals surface area contributed by atoms with Crippen LogP contribution in [0.1, 0.15) is 65.3 Å². The summed E-state index contributed by atoms with van der Waals surface area (Å²) in [5.41, 5.74) is 4.37. The van der Waals surface area contributed by atoms with Gasteiger partial charge in [-0.25, -0.2) is 4.98 Å². The number of thiazole rings is 1. The number of benzene rings is 2. The molecule has 2 aromatic carbocycles. The molecule has 0 radical (unpaired) electrons. The van der Waals surface area contributed by atoms with E-state index < -0.39 is 11.7 Å². The lowest BCUT2D eigenvalue weighted by molar-refractivity contribution is -0.137. The third-order valence-corrected chi connectivity index (χ3v) is 9.24. The van der Waals surface area contributed by atoms with Crippen LogP contribution < -0.4 is 10.9 Å². The molecule has 1 aliphatic rings. The predicted molar refractivity (Wildman–Crippen MR) is 174 cm³/mol. The van der Waals surface area contributed by atoms with Crippen LogP contribution in [0.5, 0.6) is 0 Å². The first kappa shape index (κ1) is 32.6. The zero-order valence-corrected chi connectivity index (χ0v) is 27.2. The monoisotopic (exact) mass is 636 g/mol. The average molecular weight is 637 g/mol. The van der Waals surface area contributed by atoms with Crippen LogP contribution in [0, 0.1) is 12.8 Å². The van der Waals surface area contributed by atoms with E-state index in [-0.39, 0.29) is 17.4 Å². The molecular weight excluding hydrogens is 597 g/mol. The number of para-hydroxylation sites is 1. The van der Waals surface area contributed by atoms with Crippen LogP contribution in [0.15, 0.2) is 53.3 Å². The number of piperazine rings is 1. The van der Waals surface area contributed by atoms with E-state index in [0.717, 1.165) is 33.8 Å². The number of carbonyl (C=O) groups excluding carboxylic acids is 1. The van der Waals surface area contributed by atoms with Gasteiger partial charge >= 0.3 is 6.18 Å². The predicted octanol–water partition coefficient (Wildman–Crippen LogP) is 7.32. The van der Waals surface area contributed by atoms with Crippen LogP contribution in [-0.4, -0.2) is 46.5 Å². The number of aryl methyl sites for hydroxylation is 3. The fourth-order valence-corrected chi connectivity index (χ4v) is 6.90. The molecule has 1 N–H and O–H groups in total. The number of rotatable bonds is 8. The van der Waals surface area contributed by atoms with Gasteiger partial charge < -0.3 is 10.2 Å². The Morgan fingerprint density at radius 2 is 1.64 bits per heavy atom. The Balaban J connectivity index is 1.78. The number of nitrogens with zero attached hydrogens (tertiary/aromatic N) is 3. The summed E-state index contributed by atoms with van der Waals surface area (Å²) < 4.78 is 41.4. The van der Waals surface area contributed by atoms with E-state index in [4.69, 9.17) is 4.98 Å². The van der Waals surface area contributed by atoms with Gasteiger partial charge in [0.25, 0.3) is 11.5 Å². The van der Waals surface area contributed by atoms with Gasteiger partial charge in [0.05, 0.1) is 28.1 Å². The number of pyridine rings is 1. The highest BCUT2D eigenvalue weighted by Crippen LogP contribution is 2.36. The van der Waals surface area contributed by atoms with Gasteiger partial charge in [-0.2, -0.15) is 13.2 Å². The maximum absolute atomic E-state index is 14.7. The van der Waals surface area contributed by atoms with Crippen molar-refractivity contribution < 1.29 is 18.0 Å². The summed E-state index contributed by atoms with van der Waals surface area (Å²) in [6.45, 7) is 12.6. The third-order valence-electron chi connectivity index (χ3n) is 8.24. The van der Waals surface area contributed by atoms with Gasteiger partial charge in [0, 0.05) is 42.3 Å². The van der Waals surface area contributed by atoms with E-state index in [1.165, 1.54) is 23.5 Å². The number of hydrogen-bond donors (Lipinski definition) is 1. The molecule has 3 heterocycles. The Morgan fingerprint density at radius 3 is 2.20 bits per heavy atom. The number of carbonyl (C=O) groups is 1. The maximum atomic E-state index is 14.7. The van der Waals surface area contributed by atoms with Gasteiger partial charge in [0.15, 0.2) is 0 Å². The van der Waals surface area contributed by atoms with Gasteiger partial charge in [-0.05, 0) is 61.4 Å². The minimum Gasteiger partial charge on any atom is -0.336 e. The molecule has 1 fully saturated rings. The number of halogens is 3. The molecule has 1 saturated heterocycles. The molecule has 45 heavy (non-hydrogen) atoms. The van der Waals surface area contributed by atoms with Crippen LogP contribution in [0.2, 0.25) is 0 Å². The smallest absolute Gasteiger partial charge is 0.336 e. The van der Waals surface area contributed by atoms with Crippen molar-refractivity contribution >= 4 is 17.2 Å². The lowest BCUT2D eigenvalue weighted by Gasteiger charge is -2.30. The van der Waals surface area contributed by atoms with Crippen LogP contribution in [-0.2, 0) is 25.4 Å².